The van der Waals surface area contributed by atoms with Crippen LogP contribution in [0.5, 0.6) is 5.75 Å². The first kappa shape index (κ1) is 23.8. The van der Waals surface area contributed by atoms with Crippen LogP contribution < -0.4 is 10.1 Å². The van der Waals surface area contributed by atoms with Crippen LogP contribution in [0.3, 0.4) is 0 Å². The van der Waals surface area contributed by atoms with E-state index in [1.54, 1.807) is 24.3 Å². The number of hydrogen-bond donors (Lipinski definition) is 1. The van der Waals surface area contributed by atoms with E-state index in [0.29, 0.717) is 54.8 Å². The third-order valence-electron chi connectivity index (χ3n) is 5.85. The zero-order chi connectivity index (χ0) is 23.9. The van der Waals surface area contributed by atoms with Crippen LogP contribution in [0, 0.1) is 0 Å². The number of amides is 2. The molecule has 2 amide bonds. The van der Waals surface area contributed by atoms with Crippen molar-refractivity contribution in [3.05, 3.63) is 95.0 Å². The Kier molecular flexibility index (Phi) is 7.83. The van der Waals surface area contributed by atoms with Gasteiger partial charge in [-0.3, -0.25) is 14.5 Å². The van der Waals surface area contributed by atoms with Crippen LogP contribution in [0.1, 0.15) is 28.9 Å². The van der Waals surface area contributed by atoms with Gasteiger partial charge in [0.05, 0.1) is 12.3 Å². The predicted octanol–water partition coefficient (Wildman–Crippen LogP) is 4.88. The van der Waals surface area contributed by atoms with E-state index in [0.717, 1.165) is 5.56 Å². The average Bonchev–Trinajstić information content (AvgIpc) is 2.86. The molecule has 34 heavy (non-hydrogen) atoms. The van der Waals surface area contributed by atoms with Crippen molar-refractivity contribution in [1.29, 1.82) is 0 Å². The maximum Gasteiger partial charge on any atom is 0.253 e. The molecule has 0 bridgehead atoms. The third kappa shape index (κ3) is 5.58. The van der Waals surface area contributed by atoms with E-state index in [9.17, 15) is 9.59 Å². The molecule has 1 fully saturated rings. The highest BCUT2D eigenvalue weighted by Crippen LogP contribution is 2.28. The summed E-state index contributed by atoms with van der Waals surface area (Å²) in [6, 6.07) is 23.7. The van der Waals surface area contributed by atoms with Gasteiger partial charge in [0.15, 0.2) is 0 Å². The summed E-state index contributed by atoms with van der Waals surface area (Å²) < 4.78 is 5.68. The number of carbonyl (C=O) groups excluding carboxylic acids is 2. The number of nitrogens with zero attached hydrogens (tertiary/aromatic N) is 2. The Balaban J connectivity index is 1.50. The van der Waals surface area contributed by atoms with Crippen LogP contribution in [-0.2, 0) is 4.79 Å². The minimum Gasteiger partial charge on any atom is -0.492 e. The van der Waals surface area contributed by atoms with Crippen LogP contribution in [0.2, 0.25) is 5.02 Å². The number of rotatable bonds is 7. The van der Waals surface area contributed by atoms with Crippen molar-refractivity contribution in [2.45, 2.75) is 13.0 Å². The van der Waals surface area contributed by atoms with Crippen molar-refractivity contribution < 1.29 is 14.3 Å². The Morgan fingerprint density at radius 3 is 2.35 bits per heavy atom. The Morgan fingerprint density at radius 1 is 0.941 bits per heavy atom. The van der Waals surface area contributed by atoms with Gasteiger partial charge in [-0.2, -0.15) is 0 Å². The number of halogens is 1. The number of nitrogens with one attached hydrogen (secondary N) is 1. The standard InChI is InChI=1S/C27H28ClN3O3/c1-2-34-24-14-7-6-13-23(24)29-26(32)25(20-9-4-3-5-10-20)30-15-17-31(18-16-30)27(33)21-11-8-12-22(28)19-21/h3-14,19,25H,2,15-18H2,1H3,(H,29,32). The van der Waals surface area contributed by atoms with Gasteiger partial charge in [-0.25, -0.2) is 0 Å². The molecule has 4 rings (SSSR count). The molecule has 1 N–H and O–H groups in total. The fourth-order valence-electron chi connectivity index (χ4n) is 4.20. The minimum absolute atomic E-state index is 0.0477. The number of hydrogen-bond acceptors (Lipinski definition) is 4. The number of carbonyl (C=O) groups is 2. The van der Waals surface area contributed by atoms with E-state index in [1.807, 2.05) is 66.4 Å². The van der Waals surface area contributed by atoms with Crippen molar-refractivity contribution in [3.8, 4) is 5.75 Å². The molecule has 6 nitrogen and oxygen atoms in total. The molecular weight excluding hydrogens is 450 g/mol. The lowest BCUT2D eigenvalue weighted by Gasteiger charge is -2.39. The molecule has 1 unspecified atom stereocenters. The SMILES string of the molecule is CCOc1ccccc1NC(=O)C(c1ccccc1)N1CCN(C(=O)c2cccc(Cl)c2)CC1. The summed E-state index contributed by atoms with van der Waals surface area (Å²) in [5, 5.41) is 3.60. The van der Waals surface area contributed by atoms with Crippen molar-refractivity contribution in [3.63, 3.8) is 0 Å². The van der Waals surface area contributed by atoms with E-state index in [-0.39, 0.29) is 11.8 Å². The van der Waals surface area contributed by atoms with Crippen LogP contribution in [0.15, 0.2) is 78.9 Å². The molecule has 0 spiro atoms. The van der Waals surface area contributed by atoms with E-state index >= 15 is 0 Å². The molecule has 1 atom stereocenters. The van der Waals surface area contributed by atoms with Gasteiger partial charge in [-0.15, -0.1) is 0 Å². The summed E-state index contributed by atoms with van der Waals surface area (Å²) in [4.78, 5) is 30.4. The summed E-state index contributed by atoms with van der Waals surface area (Å²) in [5.41, 5.74) is 2.12. The Morgan fingerprint density at radius 2 is 1.65 bits per heavy atom. The number of benzene rings is 3. The molecular formula is C27H28ClN3O3. The van der Waals surface area contributed by atoms with Crippen LogP contribution in [0.4, 0.5) is 5.69 Å². The topological polar surface area (TPSA) is 61.9 Å². The quantitative estimate of drug-likeness (QED) is 0.527. The molecule has 1 aliphatic heterocycles. The Hall–Kier alpha value is -3.35. The summed E-state index contributed by atoms with van der Waals surface area (Å²) in [6.07, 6.45) is 0. The molecule has 1 saturated heterocycles. The van der Waals surface area contributed by atoms with Crippen LogP contribution in [-0.4, -0.2) is 54.4 Å². The lowest BCUT2D eigenvalue weighted by molar-refractivity contribution is -0.122. The largest absolute Gasteiger partial charge is 0.492 e. The van der Waals surface area contributed by atoms with Crippen molar-refractivity contribution in [2.75, 3.05) is 38.1 Å². The molecule has 3 aromatic rings. The first-order valence-corrected chi connectivity index (χ1v) is 11.8. The van der Waals surface area contributed by atoms with Gasteiger partial charge < -0.3 is 15.0 Å². The lowest BCUT2D eigenvalue weighted by atomic mass is 10.0. The maximum atomic E-state index is 13.5. The maximum absolute atomic E-state index is 13.5. The highest BCUT2D eigenvalue weighted by atomic mass is 35.5. The average molecular weight is 478 g/mol. The molecule has 1 aliphatic rings. The molecule has 0 aliphatic carbocycles. The van der Waals surface area contributed by atoms with Gasteiger partial charge in [-0.1, -0.05) is 60.1 Å². The highest BCUT2D eigenvalue weighted by molar-refractivity contribution is 6.30. The van der Waals surface area contributed by atoms with E-state index < -0.39 is 6.04 Å². The molecule has 0 aromatic heterocycles. The van der Waals surface area contributed by atoms with Crippen LogP contribution >= 0.6 is 11.6 Å². The summed E-state index contributed by atoms with van der Waals surface area (Å²) in [5.74, 6) is 0.462. The molecule has 3 aromatic carbocycles. The normalized spacial score (nSPS) is 14.9. The fourth-order valence-corrected chi connectivity index (χ4v) is 4.39. The zero-order valence-electron chi connectivity index (χ0n) is 19.1. The van der Waals surface area contributed by atoms with Crippen LogP contribution in [0.25, 0.3) is 0 Å². The third-order valence-corrected chi connectivity index (χ3v) is 6.08. The number of anilines is 1. The van der Waals surface area contributed by atoms with E-state index in [2.05, 4.69) is 10.2 Å². The van der Waals surface area contributed by atoms with Crippen molar-refractivity contribution in [1.82, 2.24) is 9.80 Å². The van der Waals surface area contributed by atoms with Gasteiger partial charge in [-0.05, 0) is 42.8 Å². The van der Waals surface area contributed by atoms with Crippen molar-refractivity contribution in [2.24, 2.45) is 0 Å². The van der Waals surface area contributed by atoms with Crippen molar-refractivity contribution >= 4 is 29.1 Å². The summed E-state index contributed by atoms with van der Waals surface area (Å²) >= 11 is 6.06. The monoisotopic (exact) mass is 477 g/mol. The first-order chi connectivity index (χ1) is 16.6. The number of para-hydroxylation sites is 2. The summed E-state index contributed by atoms with van der Waals surface area (Å²) in [7, 11) is 0. The van der Waals surface area contributed by atoms with Gasteiger partial charge >= 0.3 is 0 Å². The van der Waals surface area contributed by atoms with Gasteiger partial charge in [0.1, 0.15) is 11.8 Å². The predicted molar refractivity (Wildman–Crippen MR) is 134 cm³/mol. The minimum atomic E-state index is -0.487. The lowest BCUT2D eigenvalue weighted by Crippen LogP contribution is -2.51. The Labute approximate surface area is 205 Å². The van der Waals surface area contributed by atoms with Gasteiger partial charge in [0, 0.05) is 36.8 Å². The second kappa shape index (κ2) is 11.2. The van der Waals surface area contributed by atoms with Gasteiger partial charge in [0.2, 0.25) is 5.91 Å². The van der Waals surface area contributed by atoms with Gasteiger partial charge in [0.25, 0.3) is 5.91 Å². The smallest absolute Gasteiger partial charge is 0.253 e. The fraction of sp³-hybridized carbons (Fsp3) is 0.259. The van der Waals surface area contributed by atoms with E-state index in [4.69, 9.17) is 16.3 Å². The number of ether oxygens (including phenoxy) is 1. The zero-order valence-corrected chi connectivity index (χ0v) is 19.9. The molecule has 0 radical (unpaired) electrons. The number of piperazine rings is 1. The highest BCUT2D eigenvalue weighted by Gasteiger charge is 2.32. The first-order valence-electron chi connectivity index (χ1n) is 11.4. The molecule has 1 heterocycles. The second-order valence-corrected chi connectivity index (χ2v) is 8.51. The molecule has 0 saturated carbocycles. The Bertz CT molecular complexity index is 1130. The van der Waals surface area contributed by atoms with E-state index in [1.165, 1.54) is 0 Å². The second-order valence-electron chi connectivity index (χ2n) is 8.07. The summed E-state index contributed by atoms with van der Waals surface area (Å²) in [6.45, 7) is 4.63. The molecule has 7 heteroatoms. The molecule has 176 valence electrons.